The molecule has 0 saturated carbocycles. The molecule has 1 N–H and O–H groups in total. The SMILES string of the molecule is CC(C)NC(=O)C(C)N(CCc1ccccc1)C(=O)CN(c1ccc(F)cc1)S(=O)(=O)c1ccccc1. The summed E-state index contributed by atoms with van der Waals surface area (Å²) < 4.78 is 41.8. The zero-order valence-corrected chi connectivity index (χ0v) is 22.0. The van der Waals surface area contributed by atoms with Gasteiger partial charge in [0.25, 0.3) is 10.0 Å². The number of sulfonamides is 1. The normalized spacial score (nSPS) is 12.1. The second-order valence-corrected chi connectivity index (χ2v) is 10.8. The molecule has 1 atom stereocenters. The maximum atomic E-state index is 13.7. The maximum Gasteiger partial charge on any atom is 0.264 e. The van der Waals surface area contributed by atoms with E-state index in [4.69, 9.17) is 0 Å². The molecular formula is C28H32FN3O4S. The lowest BCUT2D eigenvalue weighted by atomic mass is 10.1. The number of carbonyl (C=O) groups excluding carboxylic acids is 2. The molecule has 0 saturated heterocycles. The molecule has 2 amide bonds. The summed E-state index contributed by atoms with van der Waals surface area (Å²) in [6.45, 7) is 4.91. The Bertz CT molecular complexity index is 1280. The number of hydrogen-bond donors (Lipinski definition) is 1. The van der Waals surface area contributed by atoms with Crippen molar-refractivity contribution in [2.45, 2.75) is 44.2 Å². The molecule has 0 aliphatic carbocycles. The number of carbonyl (C=O) groups is 2. The van der Waals surface area contributed by atoms with E-state index < -0.39 is 34.3 Å². The number of nitrogens with one attached hydrogen (secondary N) is 1. The summed E-state index contributed by atoms with van der Waals surface area (Å²) in [4.78, 5) is 27.9. The van der Waals surface area contributed by atoms with Gasteiger partial charge in [0.2, 0.25) is 11.8 Å². The van der Waals surface area contributed by atoms with E-state index in [9.17, 15) is 22.4 Å². The molecule has 0 radical (unpaired) electrons. The summed E-state index contributed by atoms with van der Waals surface area (Å²) >= 11 is 0. The Morgan fingerprint density at radius 2 is 1.43 bits per heavy atom. The van der Waals surface area contributed by atoms with Crippen molar-refractivity contribution in [1.29, 1.82) is 0 Å². The van der Waals surface area contributed by atoms with E-state index in [0.717, 1.165) is 22.0 Å². The highest BCUT2D eigenvalue weighted by Crippen LogP contribution is 2.24. The molecule has 0 aliphatic rings. The third kappa shape index (κ3) is 7.39. The molecule has 0 bridgehead atoms. The monoisotopic (exact) mass is 525 g/mol. The van der Waals surface area contributed by atoms with Crippen molar-refractivity contribution in [2.24, 2.45) is 0 Å². The summed E-state index contributed by atoms with van der Waals surface area (Å²) in [5.41, 5.74) is 1.12. The van der Waals surface area contributed by atoms with Gasteiger partial charge < -0.3 is 10.2 Å². The summed E-state index contributed by atoms with van der Waals surface area (Å²) in [7, 11) is -4.16. The van der Waals surface area contributed by atoms with Crippen LogP contribution >= 0.6 is 0 Å². The molecule has 3 aromatic carbocycles. The van der Waals surface area contributed by atoms with Crippen molar-refractivity contribution >= 4 is 27.5 Å². The highest BCUT2D eigenvalue weighted by molar-refractivity contribution is 7.92. The smallest absolute Gasteiger partial charge is 0.264 e. The van der Waals surface area contributed by atoms with Crippen molar-refractivity contribution in [3.63, 3.8) is 0 Å². The summed E-state index contributed by atoms with van der Waals surface area (Å²) in [6, 6.07) is 21.2. The van der Waals surface area contributed by atoms with Gasteiger partial charge in [-0.25, -0.2) is 12.8 Å². The largest absolute Gasteiger partial charge is 0.352 e. The molecule has 37 heavy (non-hydrogen) atoms. The van der Waals surface area contributed by atoms with Crippen LogP contribution in [-0.4, -0.2) is 50.3 Å². The summed E-state index contributed by atoms with van der Waals surface area (Å²) in [6.07, 6.45) is 0.480. The molecular weight excluding hydrogens is 493 g/mol. The first-order valence-electron chi connectivity index (χ1n) is 12.1. The van der Waals surface area contributed by atoms with Gasteiger partial charge in [-0.05, 0) is 69.2 Å². The van der Waals surface area contributed by atoms with Gasteiger partial charge in [-0.1, -0.05) is 48.5 Å². The van der Waals surface area contributed by atoms with Crippen LogP contribution in [0.1, 0.15) is 26.3 Å². The van der Waals surface area contributed by atoms with Gasteiger partial charge in [-0.15, -0.1) is 0 Å². The number of nitrogens with zero attached hydrogens (tertiary/aromatic N) is 2. The second-order valence-electron chi connectivity index (χ2n) is 8.96. The van der Waals surface area contributed by atoms with Crippen LogP contribution in [0.15, 0.2) is 89.8 Å². The van der Waals surface area contributed by atoms with Crippen LogP contribution in [0.5, 0.6) is 0 Å². The molecule has 7 nitrogen and oxygen atoms in total. The maximum absolute atomic E-state index is 13.7. The van der Waals surface area contributed by atoms with Gasteiger partial charge in [-0.3, -0.25) is 13.9 Å². The first-order chi connectivity index (χ1) is 17.6. The first kappa shape index (κ1) is 27.9. The molecule has 0 spiro atoms. The van der Waals surface area contributed by atoms with Crippen LogP contribution in [0, 0.1) is 5.82 Å². The lowest BCUT2D eigenvalue weighted by Crippen LogP contribution is -2.53. The minimum Gasteiger partial charge on any atom is -0.352 e. The standard InChI is InChI=1S/C28H32FN3O4S/c1-21(2)30-28(34)22(3)31(19-18-23-10-6-4-7-11-23)27(33)20-32(25-16-14-24(29)15-17-25)37(35,36)26-12-8-5-9-13-26/h4-17,21-22H,18-20H2,1-3H3,(H,30,34). The Hall–Kier alpha value is -3.72. The summed E-state index contributed by atoms with van der Waals surface area (Å²) in [5, 5.41) is 2.82. The molecule has 0 aromatic heterocycles. The van der Waals surface area contributed by atoms with Crippen LogP contribution in [0.25, 0.3) is 0 Å². The Balaban J connectivity index is 1.95. The van der Waals surface area contributed by atoms with Gasteiger partial charge in [0, 0.05) is 12.6 Å². The number of benzene rings is 3. The Morgan fingerprint density at radius 3 is 2.00 bits per heavy atom. The van der Waals surface area contributed by atoms with Crippen molar-refractivity contribution in [1.82, 2.24) is 10.2 Å². The van der Waals surface area contributed by atoms with E-state index in [0.29, 0.717) is 6.42 Å². The average molecular weight is 526 g/mol. The van der Waals surface area contributed by atoms with E-state index in [1.807, 2.05) is 44.2 Å². The fourth-order valence-electron chi connectivity index (χ4n) is 3.83. The third-order valence-corrected chi connectivity index (χ3v) is 7.60. The zero-order chi connectivity index (χ0) is 27.0. The predicted molar refractivity (Wildman–Crippen MR) is 142 cm³/mol. The lowest BCUT2D eigenvalue weighted by molar-refractivity contribution is -0.139. The third-order valence-electron chi connectivity index (χ3n) is 5.81. The van der Waals surface area contributed by atoms with Gasteiger partial charge in [-0.2, -0.15) is 0 Å². The van der Waals surface area contributed by atoms with Crippen molar-refractivity contribution < 1.29 is 22.4 Å². The lowest BCUT2D eigenvalue weighted by Gasteiger charge is -2.32. The molecule has 0 aliphatic heterocycles. The van der Waals surface area contributed by atoms with Crippen LogP contribution in [-0.2, 0) is 26.0 Å². The number of anilines is 1. The fraction of sp³-hybridized carbons (Fsp3) is 0.286. The van der Waals surface area contributed by atoms with Crippen molar-refractivity contribution in [3.05, 3.63) is 96.3 Å². The van der Waals surface area contributed by atoms with Gasteiger partial charge in [0.1, 0.15) is 18.4 Å². The predicted octanol–water partition coefficient (Wildman–Crippen LogP) is 4.01. The molecule has 3 rings (SSSR count). The van der Waals surface area contributed by atoms with Gasteiger partial charge in [0.05, 0.1) is 10.6 Å². The molecule has 0 fully saturated rings. The van der Waals surface area contributed by atoms with Crippen LogP contribution in [0.4, 0.5) is 10.1 Å². The van der Waals surface area contributed by atoms with Crippen molar-refractivity contribution in [3.8, 4) is 0 Å². The average Bonchev–Trinajstić information content (AvgIpc) is 2.88. The quantitative estimate of drug-likeness (QED) is 0.410. The van der Waals surface area contributed by atoms with E-state index in [1.54, 1.807) is 25.1 Å². The molecule has 0 heterocycles. The van der Waals surface area contributed by atoms with Crippen LogP contribution in [0.3, 0.4) is 0 Å². The Kier molecular flexibility index (Phi) is 9.41. The van der Waals surface area contributed by atoms with Crippen LogP contribution < -0.4 is 9.62 Å². The number of hydrogen-bond acceptors (Lipinski definition) is 4. The Labute approximate surface area is 218 Å². The topological polar surface area (TPSA) is 86.8 Å². The highest BCUT2D eigenvalue weighted by Gasteiger charge is 2.32. The number of amides is 2. The van der Waals surface area contributed by atoms with E-state index in [1.165, 1.54) is 29.2 Å². The molecule has 9 heteroatoms. The molecule has 196 valence electrons. The minimum absolute atomic E-state index is 0.00596. The minimum atomic E-state index is -4.16. The van der Waals surface area contributed by atoms with Gasteiger partial charge >= 0.3 is 0 Å². The number of halogens is 1. The zero-order valence-electron chi connectivity index (χ0n) is 21.2. The van der Waals surface area contributed by atoms with E-state index >= 15 is 0 Å². The number of rotatable bonds is 11. The van der Waals surface area contributed by atoms with Crippen LogP contribution in [0.2, 0.25) is 0 Å². The first-order valence-corrected chi connectivity index (χ1v) is 13.5. The van der Waals surface area contributed by atoms with Gasteiger partial charge in [0.15, 0.2) is 0 Å². The summed E-state index contributed by atoms with van der Waals surface area (Å²) in [5.74, 6) is -1.42. The second kappa shape index (κ2) is 12.5. The molecule has 3 aromatic rings. The van der Waals surface area contributed by atoms with E-state index in [-0.39, 0.29) is 29.1 Å². The molecule has 1 unspecified atom stereocenters. The highest BCUT2D eigenvalue weighted by atomic mass is 32.2. The van der Waals surface area contributed by atoms with Crippen molar-refractivity contribution in [2.75, 3.05) is 17.4 Å². The Morgan fingerprint density at radius 1 is 0.865 bits per heavy atom. The van der Waals surface area contributed by atoms with E-state index in [2.05, 4.69) is 5.32 Å². The fourth-order valence-corrected chi connectivity index (χ4v) is 5.27.